The largest absolute Gasteiger partial charge is 0.342 e. The summed E-state index contributed by atoms with van der Waals surface area (Å²) in [5.41, 5.74) is 0. The van der Waals surface area contributed by atoms with Gasteiger partial charge in [0.1, 0.15) is 5.82 Å². The van der Waals surface area contributed by atoms with Crippen LogP contribution in [0.15, 0.2) is 5.16 Å². The van der Waals surface area contributed by atoms with Crippen LogP contribution < -0.4 is 5.32 Å². The number of rotatable bonds is 5. The Morgan fingerprint density at radius 3 is 3.00 bits per heavy atom. The molecule has 0 spiro atoms. The van der Waals surface area contributed by atoms with Crippen molar-refractivity contribution in [2.24, 2.45) is 7.05 Å². The molecule has 1 unspecified atom stereocenters. The molecule has 1 atom stereocenters. The number of aromatic nitrogens is 3. The zero-order valence-electron chi connectivity index (χ0n) is 12.5. The highest BCUT2D eigenvalue weighted by Gasteiger charge is 2.22. The van der Waals surface area contributed by atoms with Crippen molar-refractivity contribution < 1.29 is 4.79 Å². The van der Waals surface area contributed by atoms with Crippen molar-refractivity contribution in [3.63, 3.8) is 0 Å². The molecule has 0 aromatic carbocycles. The van der Waals surface area contributed by atoms with Crippen LogP contribution in [0.2, 0.25) is 0 Å². The highest BCUT2D eigenvalue weighted by Crippen LogP contribution is 2.25. The maximum atomic E-state index is 11.6. The highest BCUT2D eigenvalue weighted by molar-refractivity contribution is 7.99. The van der Waals surface area contributed by atoms with Gasteiger partial charge in [0.25, 0.3) is 0 Å². The van der Waals surface area contributed by atoms with Gasteiger partial charge < -0.3 is 14.8 Å². The number of piperidine rings is 1. The van der Waals surface area contributed by atoms with Gasteiger partial charge in [-0.05, 0) is 25.8 Å². The van der Waals surface area contributed by atoms with E-state index < -0.39 is 0 Å². The SMILES string of the molecule is Cn1c(SCCN2CCCC2=O)nnc1C1CCCNC1. The molecule has 7 heteroatoms. The average molecular weight is 309 g/mol. The van der Waals surface area contributed by atoms with Gasteiger partial charge in [-0.3, -0.25) is 4.79 Å². The number of hydrogen-bond donors (Lipinski definition) is 1. The predicted molar refractivity (Wildman–Crippen MR) is 82.4 cm³/mol. The molecule has 3 heterocycles. The van der Waals surface area contributed by atoms with E-state index in [9.17, 15) is 4.79 Å². The summed E-state index contributed by atoms with van der Waals surface area (Å²) in [6, 6.07) is 0. The second-order valence-electron chi connectivity index (χ2n) is 5.78. The number of thioether (sulfide) groups is 1. The minimum absolute atomic E-state index is 0.294. The van der Waals surface area contributed by atoms with Gasteiger partial charge in [-0.25, -0.2) is 0 Å². The van der Waals surface area contributed by atoms with Gasteiger partial charge in [-0.2, -0.15) is 0 Å². The van der Waals surface area contributed by atoms with Crippen LogP contribution in [0.5, 0.6) is 0 Å². The van der Waals surface area contributed by atoms with E-state index in [4.69, 9.17) is 0 Å². The van der Waals surface area contributed by atoms with Crippen LogP contribution in [0.4, 0.5) is 0 Å². The number of carbonyl (C=O) groups excluding carboxylic acids is 1. The average Bonchev–Trinajstić information content (AvgIpc) is 3.07. The summed E-state index contributed by atoms with van der Waals surface area (Å²) in [6.07, 6.45) is 4.11. The number of carbonyl (C=O) groups is 1. The Morgan fingerprint density at radius 1 is 1.38 bits per heavy atom. The Hall–Kier alpha value is -1.08. The summed E-state index contributed by atoms with van der Waals surface area (Å²) < 4.78 is 2.12. The lowest BCUT2D eigenvalue weighted by Gasteiger charge is -2.21. The van der Waals surface area contributed by atoms with Crippen molar-refractivity contribution in [1.29, 1.82) is 0 Å². The van der Waals surface area contributed by atoms with Gasteiger partial charge in [0.15, 0.2) is 5.16 Å². The molecule has 0 aliphatic carbocycles. The fraction of sp³-hybridized carbons (Fsp3) is 0.786. The standard InChI is InChI=1S/C14H23N5OS/c1-18-13(11-4-2-6-15-10-11)16-17-14(18)21-9-8-19-7-3-5-12(19)20/h11,15H,2-10H2,1H3. The third-order valence-electron chi connectivity index (χ3n) is 4.29. The first-order valence-corrected chi connectivity index (χ1v) is 8.75. The number of likely N-dealkylation sites (tertiary alicyclic amines) is 1. The van der Waals surface area contributed by atoms with Crippen molar-refractivity contribution in [3.8, 4) is 0 Å². The normalized spacial score (nSPS) is 23.0. The lowest BCUT2D eigenvalue weighted by Crippen LogP contribution is -2.29. The van der Waals surface area contributed by atoms with E-state index in [2.05, 4.69) is 20.1 Å². The lowest BCUT2D eigenvalue weighted by atomic mass is 9.99. The predicted octanol–water partition coefficient (Wildman–Crippen LogP) is 0.997. The van der Waals surface area contributed by atoms with E-state index in [-0.39, 0.29) is 0 Å². The molecule has 2 fully saturated rings. The van der Waals surface area contributed by atoms with Gasteiger partial charge >= 0.3 is 0 Å². The Kier molecular flexibility index (Phi) is 4.80. The summed E-state index contributed by atoms with van der Waals surface area (Å²) in [6.45, 7) is 3.84. The second-order valence-corrected chi connectivity index (χ2v) is 6.84. The molecular formula is C14H23N5OS. The minimum Gasteiger partial charge on any atom is -0.342 e. The topological polar surface area (TPSA) is 63.1 Å². The molecule has 21 heavy (non-hydrogen) atoms. The van der Waals surface area contributed by atoms with Crippen LogP contribution in [0.1, 0.15) is 37.4 Å². The van der Waals surface area contributed by atoms with E-state index in [1.165, 1.54) is 12.8 Å². The van der Waals surface area contributed by atoms with E-state index in [1.807, 2.05) is 11.9 Å². The Labute approximate surface area is 129 Å². The van der Waals surface area contributed by atoms with E-state index >= 15 is 0 Å². The molecule has 1 amide bonds. The number of amides is 1. The maximum Gasteiger partial charge on any atom is 0.222 e. The smallest absolute Gasteiger partial charge is 0.222 e. The first kappa shape index (κ1) is 14.8. The molecule has 0 radical (unpaired) electrons. The molecule has 2 aliphatic rings. The fourth-order valence-electron chi connectivity index (χ4n) is 3.07. The molecular weight excluding hydrogens is 286 g/mol. The molecule has 1 aromatic rings. The Bertz CT molecular complexity index is 498. The maximum absolute atomic E-state index is 11.6. The van der Waals surface area contributed by atoms with Gasteiger partial charge in [0.2, 0.25) is 5.91 Å². The number of hydrogen-bond acceptors (Lipinski definition) is 5. The first-order chi connectivity index (χ1) is 10.3. The second kappa shape index (κ2) is 6.79. The van der Waals surface area contributed by atoms with Gasteiger partial charge in [0, 0.05) is 44.8 Å². The molecule has 2 saturated heterocycles. The summed E-state index contributed by atoms with van der Waals surface area (Å²) in [7, 11) is 2.05. The van der Waals surface area contributed by atoms with E-state index in [0.717, 1.165) is 49.3 Å². The molecule has 2 aliphatic heterocycles. The van der Waals surface area contributed by atoms with Crippen molar-refractivity contribution in [1.82, 2.24) is 25.0 Å². The van der Waals surface area contributed by atoms with Crippen molar-refractivity contribution in [2.45, 2.75) is 36.8 Å². The summed E-state index contributed by atoms with van der Waals surface area (Å²) >= 11 is 1.70. The molecule has 1 N–H and O–H groups in total. The van der Waals surface area contributed by atoms with Crippen LogP contribution in [0.25, 0.3) is 0 Å². The highest BCUT2D eigenvalue weighted by atomic mass is 32.2. The summed E-state index contributed by atoms with van der Waals surface area (Å²) in [4.78, 5) is 13.5. The zero-order chi connectivity index (χ0) is 14.7. The third kappa shape index (κ3) is 3.40. The minimum atomic E-state index is 0.294. The van der Waals surface area contributed by atoms with Crippen molar-refractivity contribution in [2.75, 3.05) is 31.9 Å². The molecule has 1 aromatic heterocycles. The van der Waals surface area contributed by atoms with Gasteiger partial charge in [0.05, 0.1) is 0 Å². The Balaban J connectivity index is 1.53. The molecule has 6 nitrogen and oxygen atoms in total. The number of nitrogens with zero attached hydrogens (tertiary/aromatic N) is 4. The van der Waals surface area contributed by atoms with Crippen LogP contribution in [0.3, 0.4) is 0 Å². The lowest BCUT2D eigenvalue weighted by molar-refractivity contribution is -0.127. The summed E-state index contributed by atoms with van der Waals surface area (Å²) in [5.74, 6) is 2.75. The van der Waals surface area contributed by atoms with Crippen molar-refractivity contribution in [3.05, 3.63) is 5.82 Å². The van der Waals surface area contributed by atoms with E-state index in [1.54, 1.807) is 11.8 Å². The van der Waals surface area contributed by atoms with Gasteiger partial charge in [-0.1, -0.05) is 11.8 Å². The monoisotopic (exact) mass is 309 g/mol. The van der Waals surface area contributed by atoms with Crippen LogP contribution in [0, 0.1) is 0 Å². The third-order valence-corrected chi connectivity index (χ3v) is 5.29. The quantitative estimate of drug-likeness (QED) is 0.822. The van der Waals surface area contributed by atoms with Gasteiger partial charge in [-0.15, -0.1) is 10.2 Å². The molecule has 116 valence electrons. The zero-order valence-corrected chi connectivity index (χ0v) is 13.4. The molecule has 3 rings (SSSR count). The number of nitrogens with one attached hydrogen (secondary N) is 1. The first-order valence-electron chi connectivity index (χ1n) is 7.76. The van der Waals surface area contributed by atoms with Crippen LogP contribution in [-0.4, -0.2) is 57.5 Å². The van der Waals surface area contributed by atoms with Crippen LogP contribution in [-0.2, 0) is 11.8 Å². The van der Waals surface area contributed by atoms with Crippen molar-refractivity contribution >= 4 is 17.7 Å². The fourth-order valence-corrected chi connectivity index (χ4v) is 3.95. The van der Waals surface area contributed by atoms with E-state index in [0.29, 0.717) is 18.2 Å². The van der Waals surface area contributed by atoms with Crippen LogP contribution >= 0.6 is 11.8 Å². The molecule has 0 bridgehead atoms. The summed E-state index contributed by atoms with van der Waals surface area (Å²) in [5, 5.41) is 13.1. The molecule has 0 saturated carbocycles. The Morgan fingerprint density at radius 2 is 2.29 bits per heavy atom.